The third kappa shape index (κ3) is 3.14. The molecule has 0 heterocycles. The molecule has 0 saturated heterocycles. The van der Waals surface area contributed by atoms with Crippen molar-refractivity contribution in [3.8, 4) is 17.2 Å². The largest absolute Gasteiger partial charge is 0.507 e. The van der Waals surface area contributed by atoms with Crippen molar-refractivity contribution in [1.82, 2.24) is 0 Å². The number of phenolic OH excluding ortho intramolecular Hbond substituents is 1. The molecule has 0 unspecified atom stereocenters. The number of carbonyl (C=O) groups is 1. The molecule has 0 aliphatic heterocycles. The van der Waals surface area contributed by atoms with Crippen LogP contribution in [0.3, 0.4) is 0 Å². The highest BCUT2D eigenvalue weighted by atomic mass is 16.6. The third-order valence-corrected chi connectivity index (χ3v) is 4.88. The van der Waals surface area contributed by atoms with Gasteiger partial charge in [0.25, 0.3) is 0 Å². The van der Waals surface area contributed by atoms with Gasteiger partial charge >= 0.3 is 5.97 Å². The normalized spacial score (nSPS) is 10.9. The first-order valence-electron chi connectivity index (χ1n) is 9.05. The fourth-order valence-corrected chi connectivity index (χ4v) is 3.65. The maximum absolute atomic E-state index is 11.3. The first kappa shape index (κ1) is 17.9. The second-order valence-corrected chi connectivity index (χ2v) is 6.67. The van der Waals surface area contributed by atoms with E-state index in [1.807, 2.05) is 60.7 Å². The van der Waals surface area contributed by atoms with E-state index in [1.165, 1.54) is 6.92 Å². The lowest BCUT2D eigenvalue weighted by molar-refractivity contribution is -0.132. The predicted molar refractivity (Wildman–Crippen MR) is 110 cm³/mol. The number of esters is 1. The lowest BCUT2D eigenvalue weighted by Crippen LogP contribution is -2.03. The molecule has 140 valence electrons. The number of benzene rings is 4. The molecular weight excluding hydrogens is 352 g/mol. The van der Waals surface area contributed by atoms with Crippen molar-refractivity contribution in [2.75, 3.05) is 7.11 Å². The van der Waals surface area contributed by atoms with E-state index in [4.69, 9.17) is 9.47 Å². The van der Waals surface area contributed by atoms with Gasteiger partial charge in [-0.3, -0.25) is 4.79 Å². The summed E-state index contributed by atoms with van der Waals surface area (Å²) in [4.78, 5) is 11.3. The summed E-state index contributed by atoms with van der Waals surface area (Å²) >= 11 is 0. The number of hydrogen-bond acceptors (Lipinski definition) is 4. The Morgan fingerprint density at radius 3 is 1.96 bits per heavy atom. The van der Waals surface area contributed by atoms with Crippen LogP contribution in [-0.4, -0.2) is 18.2 Å². The molecule has 4 heteroatoms. The van der Waals surface area contributed by atoms with Crippen molar-refractivity contribution >= 4 is 27.5 Å². The van der Waals surface area contributed by atoms with Gasteiger partial charge in [0.05, 0.1) is 7.11 Å². The van der Waals surface area contributed by atoms with Gasteiger partial charge in [0.2, 0.25) is 0 Å². The average Bonchev–Trinajstić information content (AvgIpc) is 2.71. The second kappa shape index (κ2) is 7.24. The summed E-state index contributed by atoms with van der Waals surface area (Å²) < 4.78 is 10.6. The molecule has 0 saturated carbocycles. The first-order valence-corrected chi connectivity index (χ1v) is 9.05. The first-order chi connectivity index (χ1) is 13.6. The SMILES string of the molecule is COc1cc(Cc2c3ccccc3c(O)c3ccccc23)ccc1OC(C)=O. The molecular formula is C24H20O4. The van der Waals surface area contributed by atoms with Crippen LogP contribution in [0.2, 0.25) is 0 Å². The summed E-state index contributed by atoms with van der Waals surface area (Å²) in [6.07, 6.45) is 0.651. The molecule has 4 nitrogen and oxygen atoms in total. The molecule has 0 radical (unpaired) electrons. The van der Waals surface area contributed by atoms with Crippen LogP contribution in [0.4, 0.5) is 0 Å². The molecule has 4 rings (SSSR count). The third-order valence-electron chi connectivity index (χ3n) is 4.88. The topological polar surface area (TPSA) is 55.8 Å². The number of carbonyl (C=O) groups excluding carboxylic acids is 1. The quantitative estimate of drug-likeness (QED) is 0.303. The number of aromatic hydroxyl groups is 1. The summed E-state index contributed by atoms with van der Waals surface area (Å²) in [5.74, 6) is 0.832. The molecule has 0 aliphatic rings. The number of hydrogen-bond donors (Lipinski definition) is 1. The van der Waals surface area contributed by atoms with Crippen LogP contribution >= 0.6 is 0 Å². The number of rotatable bonds is 4. The van der Waals surface area contributed by atoms with E-state index in [9.17, 15) is 9.90 Å². The van der Waals surface area contributed by atoms with Crippen LogP contribution in [-0.2, 0) is 11.2 Å². The Labute approximate surface area is 162 Å². The van der Waals surface area contributed by atoms with Crippen molar-refractivity contribution in [1.29, 1.82) is 0 Å². The van der Waals surface area contributed by atoms with E-state index in [1.54, 1.807) is 13.2 Å². The maximum atomic E-state index is 11.3. The van der Waals surface area contributed by atoms with Gasteiger partial charge in [0.1, 0.15) is 5.75 Å². The summed E-state index contributed by atoms with van der Waals surface area (Å²) in [5.41, 5.74) is 2.15. The van der Waals surface area contributed by atoms with E-state index in [0.29, 0.717) is 23.7 Å². The zero-order valence-electron chi connectivity index (χ0n) is 15.7. The molecule has 4 aromatic carbocycles. The van der Waals surface area contributed by atoms with Crippen LogP contribution in [0.25, 0.3) is 21.5 Å². The van der Waals surface area contributed by atoms with Gasteiger partial charge < -0.3 is 14.6 Å². The van der Waals surface area contributed by atoms with E-state index in [2.05, 4.69) is 0 Å². The standard InChI is InChI=1S/C24H20O4/c1-15(25)28-22-12-11-16(14-23(22)27-2)13-21-17-7-3-5-9-19(17)24(26)20-10-6-4-8-18(20)21/h3-12,14,26H,13H2,1-2H3. The Kier molecular flexibility index (Phi) is 4.62. The van der Waals surface area contributed by atoms with Gasteiger partial charge in [-0.15, -0.1) is 0 Å². The molecule has 0 aromatic heterocycles. The lowest BCUT2D eigenvalue weighted by atomic mass is 9.91. The van der Waals surface area contributed by atoms with Crippen LogP contribution in [0, 0.1) is 0 Å². The molecule has 0 bridgehead atoms. The smallest absolute Gasteiger partial charge is 0.308 e. The number of methoxy groups -OCH3 is 1. The van der Waals surface area contributed by atoms with Crippen LogP contribution in [0.1, 0.15) is 18.1 Å². The van der Waals surface area contributed by atoms with E-state index >= 15 is 0 Å². The van der Waals surface area contributed by atoms with Crippen LogP contribution in [0.5, 0.6) is 17.2 Å². The Balaban J connectivity index is 1.88. The summed E-state index contributed by atoms with van der Waals surface area (Å²) in [7, 11) is 1.55. The molecule has 0 atom stereocenters. The highest BCUT2D eigenvalue weighted by Gasteiger charge is 2.15. The molecule has 28 heavy (non-hydrogen) atoms. The molecule has 0 aliphatic carbocycles. The van der Waals surface area contributed by atoms with Crippen molar-refractivity contribution in [2.45, 2.75) is 13.3 Å². The average molecular weight is 372 g/mol. The van der Waals surface area contributed by atoms with Crippen molar-refractivity contribution in [2.24, 2.45) is 0 Å². The van der Waals surface area contributed by atoms with Gasteiger partial charge in [-0.1, -0.05) is 54.6 Å². The van der Waals surface area contributed by atoms with Crippen LogP contribution < -0.4 is 9.47 Å². The molecule has 0 fully saturated rings. The van der Waals surface area contributed by atoms with Crippen molar-refractivity contribution in [3.05, 3.63) is 77.9 Å². The molecule has 0 amide bonds. The molecule has 1 N–H and O–H groups in total. The molecule has 0 spiro atoms. The zero-order chi connectivity index (χ0) is 19.7. The predicted octanol–water partition coefficient (Wildman–Crippen LogP) is 5.22. The minimum Gasteiger partial charge on any atom is -0.507 e. The van der Waals surface area contributed by atoms with E-state index in [-0.39, 0.29) is 5.97 Å². The Morgan fingerprint density at radius 2 is 1.43 bits per heavy atom. The fourth-order valence-electron chi connectivity index (χ4n) is 3.65. The monoisotopic (exact) mass is 372 g/mol. The van der Waals surface area contributed by atoms with E-state index < -0.39 is 0 Å². The Bertz CT molecular complexity index is 1140. The maximum Gasteiger partial charge on any atom is 0.308 e. The highest BCUT2D eigenvalue weighted by molar-refractivity contribution is 6.08. The van der Waals surface area contributed by atoms with Crippen LogP contribution in [0.15, 0.2) is 66.7 Å². The fraction of sp³-hybridized carbons (Fsp3) is 0.125. The van der Waals surface area contributed by atoms with Gasteiger partial charge in [-0.2, -0.15) is 0 Å². The zero-order valence-corrected chi connectivity index (χ0v) is 15.7. The number of fused-ring (bicyclic) bond motifs is 2. The minimum absolute atomic E-state index is 0.303. The Morgan fingerprint density at radius 1 is 0.857 bits per heavy atom. The Hall–Kier alpha value is -3.53. The summed E-state index contributed by atoms with van der Waals surface area (Å²) in [6, 6.07) is 21.3. The number of phenols is 1. The summed E-state index contributed by atoms with van der Waals surface area (Å²) in [6.45, 7) is 1.36. The van der Waals surface area contributed by atoms with Gasteiger partial charge in [0, 0.05) is 17.7 Å². The second-order valence-electron chi connectivity index (χ2n) is 6.67. The molecule has 4 aromatic rings. The van der Waals surface area contributed by atoms with E-state index in [0.717, 1.165) is 32.7 Å². The lowest BCUT2D eigenvalue weighted by Gasteiger charge is -2.15. The highest BCUT2D eigenvalue weighted by Crippen LogP contribution is 2.39. The van der Waals surface area contributed by atoms with Crippen molar-refractivity contribution in [3.63, 3.8) is 0 Å². The van der Waals surface area contributed by atoms with Gasteiger partial charge in [-0.25, -0.2) is 0 Å². The van der Waals surface area contributed by atoms with Gasteiger partial charge in [-0.05, 0) is 40.5 Å². The minimum atomic E-state index is -0.387. The summed E-state index contributed by atoms with van der Waals surface area (Å²) in [5, 5.41) is 14.4. The van der Waals surface area contributed by atoms with Crippen molar-refractivity contribution < 1.29 is 19.4 Å². The van der Waals surface area contributed by atoms with Gasteiger partial charge in [0.15, 0.2) is 11.5 Å². The number of ether oxygens (including phenoxy) is 2.